The lowest BCUT2D eigenvalue weighted by Crippen LogP contribution is -2.43. The molecule has 23 heavy (non-hydrogen) atoms. The number of aliphatic carboxylic acids is 1. The first-order valence-electron chi connectivity index (χ1n) is 7.05. The summed E-state index contributed by atoms with van der Waals surface area (Å²) in [5.41, 5.74) is 0.744. The topological polar surface area (TPSA) is 84.9 Å². The van der Waals surface area contributed by atoms with Crippen LogP contribution >= 0.6 is 0 Å². The first-order valence-corrected chi connectivity index (χ1v) is 7.05. The summed E-state index contributed by atoms with van der Waals surface area (Å²) >= 11 is 0. The predicted octanol–water partition coefficient (Wildman–Crippen LogP) is 2.18. The van der Waals surface area contributed by atoms with Crippen molar-refractivity contribution in [2.45, 2.75) is 37.5 Å². The largest absolute Gasteiger partial charge is 0.480 e. The van der Waals surface area contributed by atoms with Gasteiger partial charge in [-0.1, -0.05) is 30.3 Å². The fraction of sp³-hybridized carbons (Fsp3) is 0.467. The number of nitrogens with one attached hydrogen (secondary N) is 1. The van der Waals surface area contributed by atoms with Crippen LogP contribution in [0, 0.1) is 0 Å². The number of carbonyl (C=O) groups is 2. The Morgan fingerprint density at radius 1 is 1.39 bits per heavy atom. The maximum atomic E-state index is 13.0. The van der Waals surface area contributed by atoms with Crippen molar-refractivity contribution in [1.29, 1.82) is 0 Å². The van der Waals surface area contributed by atoms with Gasteiger partial charge in [-0.3, -0.25) is 0 Å². The van der Waals surface area contributed by atoms with Crippen LogP contribution in [0.4, 0.5) is 13.6 Å². The number of hydrogen-bond acceptors (Lipinski definition) is 4. The van der Waals surface area contributed by atoms with Gasteiger partial charge < -0.3 is 19.9 Å². The van der Waals surface area contributed by atoms with Gasteiger partial charge in [0.05, 0.1) is 6.10 Å². The Morgan fingerprint density at radius 2 is 2.09 bits per heavy atom. The Morgan fingerprint density at radius 3 is 2.65 bits per heavy atom. The highest BCUT2D eigenvalue weighted by Crippen LogP contribution is 2.31. The molecule has 8 heteroatoms. The van der Waals surface area contributed by atoms with Crippen LogP contribution in [-0.2, 0) is 20.9 Å². The van der Waals surface area contributed by atoms with E-state index in [2.05, 4.69) is 5.32 Å². The smallest absolute Gasteiger partial charge is 0.408 e. The third-order valence-electron chi connectivity index (χ3n) is 3.36. The molecular formula is C15H17F2NO5. The molecule has 1 heterocycles. The van der Waals surface area contributed by atoms with Gasteiger partial charge in [-0.2, -0.15) is 0 Å². The number of rotatable bonds is 6. The van der Waals surface area contributed by atoms with E-state index in [0.29, 0.717) is 0 Å². The van der Waals surface area contributed by atoms with Crippen LogP contribution in [0.15, 0.2) is 30.3 Å². The minimum absolute atomic E-state index is 0.0169. The van der Waals surface area contributed by atoms with Gasteiger partial charge in [0, 0.05) is 12.8 Å². The van der Waals surface area contributed by atoms with Gasteiger partial charge in [0.15, 0.2) is 0 Å². The van der Waals surface area contributed by atoms with E-state index in [1.54, 1.807) is 30.3 Å². The van der Waals surface area contributed by atoms with Gasteiger partial charge in [-0.15, -0.1) is 0 Å². The molecule has 126 valence electrons. The zero-order chi connectivity index (χ0) is 16.9. The van der Waals surface area contributed by atoms with Crippen LogP contribution in [-0.4, -0.2) is 41.8 Å². The number of halogens is 2. The molecule has 2 rings (SSSR count). The summed E-state index contributed by atoms with van der Waals surface area (Å²) in [4.78, 5) is 22.8. The maximum Gasteiger partial charge on any atom is 0.408 e. The summed E-state index contributed by atoms with van der Waals surface area (Å²) in [6.07, 6.45) is -2.64. The van der Waals surface area contributed by atoms with Crippen molar-refractivity contribution in [1.82, 2.24) is 5.32 Å². The molecule has 1 aromatic carbocycles. The number of carbonyl (C=O) groups excluding carboxylic acids is 1. The van der Waals surface area contributed by atoms with E-state index in [0.717, 1.165) is 5.56 Å². The predicted molar refractivity (Wildman–Crippen MR) is 75.1 cm³/mol. The van der Waals surface area contributed by atoms with E-state index in [9.17, 15) is 18.4 Å². The number of carboxylic acid groups (broad SMARTS) is 1. The molecule has 2 atom stereocenters. The fourth-order valence-electron chi connectivity index (χ4n) is 2.23. The zero-order valence-electron chi connectivity index (χ0n) is 12.2. The number of alkyl halides is 2. The molecule has 0 aliphatic carbocycles. The average molecular weight is 329 g/mol. The summed E-state index contributed by atoms with van der Waals surface area (Å²) < 4.78 is 35.8. The van der Waals surface area contributed by atoms with Gasteiger partial charge >= 0.3 is 12.1 Å². The molecule has 1 amide bonds. The minimum Gasteiger partial charge on any atom is -0.480 e. The summed E-state index contributed by atoms with van der Waals surface area (Å²) in [7, 11) is 0. The molecule has 1 fully saturated rings. The second-order valence-electron chi connectivity index (χ2n) is 5.33. The molecule has 6 nitrogen and oxygen atoms in total. The van der Waals surface area contributed by atoms with Crippen molar-refractivity contribution in [3.05, 3.63) is 35.9 Å². The van der Waals surface area contributed by atoms with E-state index < -0.39 is 43.2 Å². The molecule has 0 radical (unpaired) electrons. The summed E-state index contributed by atoms with van der Waals surface area (Å²) in [5.74, 6) is -4.29. The molecule has 2 N–H and O–H groups in total. The van der Waals surface area contributed by atoms with Crippen LogP contribution < -0.4 is 5.32 Å². The van der Waals surface area contributed by atoms with E-state index >= 15 is 0 Å². The van der Waals surface area contributed by atoms with Gasteiger partial charge in [-0.05, 0) is 5.56 Å². The minimum atomic E-state index is -2.96. The van der Waals surface area contributed by atoms with E-state index in [1.807, 2.05) is 0 Å². The third kappa shape index (κ3) is 5.48. The Kier molecular flexibility index (Phi) is 5.49. The molecule has 0 bridgehead atoms. The van der Waals surface area contributed by atoms with Gasteiger partial charge in [0.2, 0.25) is 0 Å². The van der Waals surface area contributed by atoms with Crippen molar-refractivity contribution in [2.75, 3.05) is 6.61 Å². The third-order valence-corrected chi connectivity index (χ3v) is 3.36. The Labute approximate surface area is 131 Å². The van der Waals surface area contributed by atoms with Gasteiger partial charge in [0.1, 0.15) is 19.3 Å². The Balaban J connectivity index is 1.82. The van der Waals surface area contributed by atoms with E-state index in [1.165, 1.54) is 0 Å². The van der Waals surface area contributed by atoms with Crippen LogP contribution in [0.3, 0.4) is 0 Å². The molecule has 2 unspecified atom stereocenters. The highest BCUT2D eigenvalue weighted by Gasteiger charge is 2.42. The number of alkyl carbamates (subject to hydrolysis) is 1. The summed E-state index contributed by atoms with van der Waals surface area (Å²) in [6.45, 7) is -0.751. The summed E-state index contributed by atoms with van der Waals surface area (Å²) in [6, 6.07) is 7.49. The number of ether oxygens (including phenoxy) is 2. The number of amides is 1. The van der Waals surface area contributed by atoms with Gasteiger partial charge in [0.25, 0.3) is 5.92 Å². The van der Waals surface area contributed by atoms with E-state index in [4.69, 9.17) is 14.6 Å². The number of carboxylic acids is 1. The lowest BCUT2D eigenvalue weighted by atomic mass is 10.1. The number of benzene rings is 1. The molecule has 0 spiro atoms. The van der Waals surface area contributed by atoms with Crippen molar-refractivity contribution in [3.8, 4) is 0 Å². The van der Waals surface area contributed by atoms with Crippen LogP contribution in [0.2, 0.25) is 0 Å². The quantitative estimate of drug-likeness (QED) is 0.835. The average Bonchev–Trinajstić information content (AvgIpc) is 2.84. The first kappa shape index (κ1) is 17.1. The van der Waals surface area contributed by atoms with Crippen LogP contribution in [0.25, 0.3) is 0 Å². The molecule has 1 aliphatic rings. The zero-order valence-corrected chi connectivity index (χ0v) is 12.2. The standard InChI is InChI=1S/C15H17F2NO5/c16-15(17)7-11(23-9-15)6-12(13(19)20)18-14(21)22-8-10-4-2-1-3-5-10/h1-5,11-12H,6-9H2,(H,18,21)(H,19,20). The number of hydrogen-bond donors (Lipinski definition) is 2. The highest BCUT2D eigenvalue weighted by atomic mass is 19.3. The monoisotopic (exact) mass is 329 g/mol. The van der Waals surface area contributed by atoms with Crippen molar-refractivity contribution in [2.24, 2.45) is 0 Å². The first-order chi connectivity index (χ1) is 10.9. The maximum absolute atomic E-state index is 13.0. The molecule has 0 saturated carbocycles. The lowest BCUT2D eigenvalue weighted by Gasteiger charge is -2.17. The lowest BCUT2D eigenvalue weighted by molar-refractivity contribution is -0.140. The normalized spacial score (nSPS) is 20.7. The van der Waals surface area contributed by atoms with Crippen molar-refractivity contribution < 1.29 is 33.0 Å². The van der Waals surface area contributed by atoms with Crippen molar-refractivity contribution in [3.63, 3.8) is 0 Å². The summed E-state index contributed by atoms with van der Waals surface area (Å²) in [5, 5.41) is 11.2. The van der Waals surface area contributed by atoms with E-state index in [-0.39, 0.29) is 13.0 Å². The fourth-order valence-corrected chi connectivity index (χ4v) is 2.23. The second-order valence-corrected chi connectivity index (χ2v) is 5.33. The molecule has 1 aliphatic heterocycles. The molecule has 1 aromatic rings. The van der Waals surface area contributed by atoms with Crippen LogP contribution in [0.1, 0.15) is 18.4 Å². The Hall–Kier alpha value is -2.22. The Bertz CT molecular complexity index is 552. The highest BCUT2D eigenvalue weighted by molar-refractivity contribution is 5.79. The van der Waals surface area contributed by atoms with Crippen molar-refractivity contribution >= 4 is 12.1 Å². The SMILES string of the molecule is O=C(NC(CC1CC(F)(F)CO1)C(=O)O)OCc1ccccc1. The molecule has 0 aromatic heterocycles. The van der Waals surface area contributed by atoms with Gasteiger partial charge in [-0.25, -0.2) is 18.4 Å². The second kappa shape index (κ2) is 7.36. The van der Waals surface area contributed by atoms with Crippen LogP contribution in [0.5, 0.6) is 0 Å². The molecule has 1 saturated heterocycles. The molecular weight excluding hydrogens is 312 g/mol.